The Balaban J connectivity index is 3.88. The third kappa shape index (κ3) is 11.3. The lowest BCUT2D eigenvalue weighted by atomic mass is 10.0. The van der Waals surface area contributed by atoms with Gasteiger partial charge in [0.2, 0.25) is 0 Å². The van der Waals surface area contributed by atoms with Crippen LogP contribution >= 0.6 is 0 Å². The van der Waals surface area contributed by atoms with Gasteiger partial charge in [0.1, 0.15) is 0 Å². The van der Waals surface area contributed by atoms with E-state index in [9.17, 15) is 5.11 Å². The van der Waals surface area contributed by atoms with Crippen LogP contribution in [-0.2, 0) is 9.47 Å². The van der Waals surface area contributed by atoms with Gasteiger partial charge in [0.15, 0.2) is 0 Å². The number of nitrogens with two attached hydrogens (primary N) is 1. The highest BCUT2D eigenvalue weighted by Gasteiger charge is 2.17. The summed E-state index contributed by atoms with van der Waals surface area (Å²) in [6.07, 6.45) is 1.66. The smallest absolute Gasteiger partial charge is 0.0741 e. The Labute approximate surface area is 118 Å². The van der Waals surface area contributed by atoms with Crippen LogP contribution in [0.4, 0.5) is 0 Å². The first-order chi connectivity index (χ1) is 9.05. The molecule has 1 unspecified atom stereocenters. The predicted molar refractivity (Wildman–Crippen MR) is 78.3 cm³/mol. The summed E-state index contributed by atoms with van der Waals surface area (Å²) in [5.74, 6) is 0. The second-order valence-electron chi connectivity index (χ2n) is 5.04. The van der Waals surface area contributed by atoms with Crippen molar-refractivity contribution in [3.8, 4) is 0 Å². The molecule has 116 valence electrons. The molecule has 0 rings (SSSR count). The molecule has 0 aromatic heterocycles. The van der Waals surface area contributed by atoms with Crippen molar-refractivity contribution in [2.45, 2.75) is 39.2 Å². The molecule has 0 aromatic rings. The molecule has 19 heavy (non-hydrogen) atoms. The zero-order valence-electron chi connectivity index (χ0n) is 12.9. The lowest BCUT2D eigenvalue weighted by Crippen LogP contribution is -2.37. The van der Waals surface area contributed by atoms with Gasteiger partial charge in [0.25, 0.3) is 0 Å². The Bertz CT molecular complexity index is 191. The van der Waals surface area contributed by atoms with Crippen LogP contribution in [-0.4, -0.2) is 68.2 Å². The number of rotatable bonds is 13. The van der Waals surface area contributed by atoms with Crippen LogP contribution in [0.25, 0.3) is 0 Å². The van der Waals surface area contributed by atoms with Crippen molar-refractivity contribution in [2.24, 2.45) is 5.73 Å². The number of hydrogen-bond acceptors (Lipinski definition) is 5. The Morgan fingerprint density at radius 1 is 1.05 bits per heavy atom. The summed E-state index contributed by atoms with van der Waals surface area (Å²) in [7, 11) is 0. The van der Waals surface area contributed by atoms with E-state index < -0.39 is 5.60 Å². The fraction of sp³-hybridized carbons (Fsp3) is 1.00. The average molecular weight is 276 g/mol. The van der Waals surface area contributed by atoms with Crippen LogP contribution in [0.15, 0.2) is 0 Å². The van der Waals surface area contributed by atoms with Gasteiger partial charge in [-0.25, -0.2) is 0 Å². The first-order valence-corrected chi connectivity index (χ1v) is 7.36. The molecule has 3 N–H and O–H groups in total. The van der Waals surface area contributed by atoms with E-state index in [-0.39, 0.29) is 0 Å². The summed E-state index contributed by atoms with van der Waals surface area (Å²) in [4.78, 5) is 2.32. The van der Waals surface area contributed by atoms with Crippen molar-refractivity contribution < 1.29 is 14.6 Å². The molecule has 0 saturated heterocycles. The topological polar surface area (TPSA) is 68.0 Å². The lowest BCUT2D eigenvalue weighted by molar-refractivity contribution is 0.0483. The van der Waals surface area contributed by atoms with E-state index in [0.29, 0.717) is 6.54 Å². The van der Waals surface area contributed by atoms with Crippen LogP contribution in [0.5, 0.6) is 0 Å². The van der Waals surface area contributed by atoms with Gasteiger partial charge in [0.05, 0.1) is 18.8 Å². The van der Waals surface area contributed by atoms with Crippen LogP contribution in [0.2, 0.25) is 0 Å². The summed E-state index contributed by atoms with van der Waals surface area (Å²) in [6.45, 7) is 11.9. The molecule has 0 aliphatic carbocycles. The van der Waals surface area contributed by atoms with Gasteiger partial charge < -0.3 is 20.3 Å². The molecule has 0 spiro atoms. The molecule has 0 radical (unpaired) electrons. The van der Waals surface area contributed by atoms with Crippen molar-refractivity contribution in [2.75, 3.05) is 52.6 Å². The molecular formula is C14H32N2O3. The Hall–Kier alpha value is -0.200. The number of aliphatic hydroxyl groups is 1. The van der Waals surface area contributed by atoms with E-state index in [2.05, 4.69) is 4.90 Å². The minimum absolute atomic E-state index is 0.310. The largest absolute Gasteiger partial charge is 0.389 e. The molecule has 0 heterocycles. The van der Waals surface area contributed by atoms with E-state index in [4.69, 9.17) is 15.2 Å². The van der Waals surface area contributed by atoms with Gasteiger partial charge in [-0.2, -0.15) is 0 Å². The van der Waals surface area contributed by atoms with Gasteiger partial charge in [0, 0.05) is 32.8 Å². The first kappa shape index (κ1) is 18.8. The molecule has 0 fully saturated rings. The summed E-state index contributed by atoms with van der Waals surface area (Å²) >= 11 is 0. The van der Waals surface area contributed by atoms with Crippen molar-refractivity contribution in [1.29, 1.82) is 0 Å². The summed E-state index contributed by atoms with van der Waals surface area (Å²) in [6, 6.07) is 0. The SMILES string of the molecule is CCOCCN(CCCC(C)(O)CN)CCOCC. The summed E-state index contributed by atoms with van der Waals surface area (Å²) < 4.78 is 10.8. The molecule has 5 heteroatoms. The highest BCUT2D eigenvalue weighted by molar-refractivity contribution is 4.73. The van der Waals surface area contributed by atoms with Crippen LogP contribution in [0.3, 0.4) is 0 Å². The number of nitrogens with zero attached hydrogens (tertiary/aromatic N) is 1. The maximum Gasteiger partial charge on any atom is 0.0741 e. The van der Waals surface area contributed by atoms with Crippen molar-refractivity contribution in [3.63, 3.8) is 0 Å². The van der Waals surface area contributed by atoms with Crippen LogP contribution in [0.1, 0.15) is 33.6 Å². The quantitative estimate of drug-likeness (QED) is 0.488. The second kappa shape index (κ2) is 11.6. The van der Waals surface area contributed by atoms with E-state index in [1.807, 2.05) is 13.8 Å². The molecular weight excluding hydrogens is 244 g/mol. The monoisotopic (exact) mass is 276 g/mol. The van der Waals surface area contributed by atoms with E-state index >= 15 is 0 Å². The molecule has 0 aromatic carbocycles. The van der Waals surface area contributed by atoms with Gasteiger partial charge in [-0.15, -0.1) is 0 Å². The van der Waals surface area contributed by atoms with Gasteiger partial charge in [-0.1, -0.05) is 0 Å². The maximum absolute atomic E-state index is 9.87. The van der Waals surface area contributed by atoms with Gasteiger partial charge in [-0.05, 0) is 40.2 Å². The fourth-order valence-electron chi connectivity index (χ4n) is 1.80. The highest BCUT2D eigenvalue weighted by atomic mass is 16.5. The Morgan fingerprint density at radius 3 is 2.00 bits per heavy atom. The molecule has 0 aliphatic heterocycles. The zero-order valence-corrected chi connectivity index (χ0v) is 12.9. The van der Waals surface area contributed by atoms with Crippen molar-refractivity contribution in [1.82, 2.24) is 4.90 Å². The van der Waals surface area contributed by atoms with Crippen molar-refractivity contribution >= 4 is 0 Å². The highest BCUT2D eigenvalue weighted by Crippen LogP contribution is 2.10. The maximum atomic E-state index is 9.87. The van der Waals surface area contributed by atoms with Crippen molar-refractivity contribution in [3.05, 3.63) is 0 Å². The third-order valence-corrected chi connectivity index (χ3v) is 3.14. The fourth-order valence-corrected chi connectivity index (χ4v) is 1.80. The lowest BCUT2D eigenvalue weighted by Gasteiger charge is -2.25. The number of hydrogen-bond donors (Lipinski definition) is 2. The van der Waals surface area contributed by atoms with Crippen LogP contribution in [0, 0.1) is 0 Å². The standard InChI is InChI=1S/C14H32N2O3/c1-4-18-11-9-16(10-12-19-5-2)8-6-7-14(3,17)13-15/h17H,4-13,15H2,1-3H3. The molecule has 0 aliphatic rings. The average Bonchev–Trinajstić information content (AvgIpc) is 2.38. The van der Waals surface area contributed by atoms with E-state index in [1.54, 1.807) is 6.92 Å². The first-order valence-electron chi connectivity index (χ1n) is 7.36. The summed E-state index contributed by atoms with van der Waals surface area (Å²) in [5, 5.41) is 9.87. The predicted octanol–water partition coefficient (Wildman–Crippen LogP) is 0.851. The Kier molecular flexibility index (Phi) is 11.5. The third-order valence-electron chi connectivity index (χ3n) is 3.14. The Morgan fingerprint density at radius 2 is 1.58 bits per heavy atom. The molecule has 0 amide bonds. The molecule has 5 nitrogen and oxygen atoms in total. The number of ether oxygens (including phenoxy) is 2. The normalized spacial score (nSPS) is 14.8. The second-order valence-corrected chi connectivity index (χ2v) is 5.04. The minimum atomic E-state index is -0.745. The van der Waals surface area contributed by atoms with Gasteiger partial charge >= 0.3 is 0 Å². The zero-order chi connectivity index (χ0) is 14.6. The molecule has 1 atom stereocenters. The van der Waals surface area contributed by atoms with Crippen LogP contribution < -0.4 is 5.73 Å². The molecule has 0 bridgehead atoms. The van der Waals surface area contributed by atoms with E-state index in [1.165, 1.54) is 0 Å². The van der Waals surface area contributed by atoms with Gasteiger partial charge in [-0.3, -0.25) is 4.90 Å². The molecule has 0 saturated carbocycles. The minimum Gasteiger partial charge on any atom is -0.389 e. The van der Waals surface area contributed by atoms with E-state index in [0.717, 1.165) is 58.9 Å². The summed E-state index contributed by atoms with van der Waals surface area (Å²) in [5.41, 5.74) is 4.77.